The third kappa shape index (κ3) is 21.9. The lowest BCUT2D eigenvalue weighted by atomic mass is 9.80. The van der Waals surface area contributed by atoms with Crippen LogP contribution in [0, 0.1) is 0 Å². The van der Waals surface area contributed by atoms with Crippen molar-refractivity contribution in [1.29, 1.82) is 0 Å². The van der Waals surface area contributed by atoms with Crippen molar-refractivity contribution < 1.29 is 56.8 Å². The number of benzene rings is 12. The van der Waals surface area contributed by atoms with Crippen LogP contribution in [0.5, 0.6) is 69.0 Å². The number of hydrogen-bond acceptors (Lipinski definition) is 18. The second-order valence-corrected chi connectivity index (χ2v) is 42.0. The number of rotatable bonds is 18. The molecule has 6 N–H and O–H groups in total. The van der Waals surface area contributed by atoms with Gasteiger partial charge in [0.05, 0.1) is 33.2 Å². The summed E-state index contributed by atoms with van der Waals surface area (Å²) < 4.78 is 71.3. The Bertz CT molecular complexity index is 6090. The standard InChI is InChI=1S/6C19H20ClNO2/c1-19-12-23-18-6-5-15(10-16(18)17(19)7-8-21-19)22-11-13-3-2-4-14(20)9-13;2*1-19-12-23-18-10-15(5-6-16(18)17(19)7-8-21-19)22-11-13-3-2-4-14(20)9-13;2*1-19-12-23-18-7-6-14(10-15(18)16(19)8-9-21-19)22-11-13-4-2-3-5-17(13)20;1-19-12-23-18-10-14(6-7-15(18)16(19)8-9-21-19)22-11-13-4-2-3-5-17(13)20/h3*2-6,9-10,17,21H,7-8,11-12H2,1H3;3*2-7,10,16,21H,8-9,11-12H2,1H3/t3*17-,19+;3*16-,19+/m000000/s1. The Balaban J connectivity index is 0.000000106. The zero-order valence-electron chi connectivity index (χ0n) is 78.9. The van der Waals surface area contributed by atoms with E-state index in [1.54, 1.807) is 0 Å². The molecular formula is C114H120Cl6N6O12. The summed E-state index contributed by atoms with van der Waals surface area (Å²) in [4.78, 5) is 0. The van der Waals surface area contributed by atoms with Gasteiger partial charge in [0.1, 0.15) is 148 Å². The van der Waals surface area contributed by atoms with Gasteiger partial charge in [-0.05, 0) is 280 Å². The van der Waals surface area contributed by atoms with Gasteiger partial charge in [0.2, 0.25) is 0 Å². The van der Waals surface area contributed by atoms with E-state index in [0.717, 1.165) is 230 Å². The number of halogens is 6. The van der Waals surface area contributed by atoms with Gasteiger partial charge in [-0.2, -0.15) is 0 Å². The Hall–Kier alpha value is -10.3. The molecule has 12 heterocycles. The molecule has 0 spiro atoms. The first-order valence-corrected chi connectivity index (χ1v) is 50.5. The maximum Gasteiger partial charge on any atom is 0.126 e. The highest BCUT2D eigenvalue weighted by atomic mass is 35.5. The normalized spacial score (nSPS) is 25.4. The van der Waals surface area contributed by atoms with Crippen LogP contribution in [0.1, 0.15) is 182 Å². The van der Waals surface area contributed by atoms with Crippen LogP contribution in [0.3, 0.4) is 0 Å². The van der Waals surface area contributed by atoms with E-state index in [4.69, 9.17) is 126 Å². The van der Waals surface area contributed by atoms with Crippen molar-refractivity contribution in [3.63, 3.8) is 0 Å². The lowest BCUT2D eigenvalue weighted by molar-refractivity contribution is 0.169. The van der Waals surface area contributed by atoms with Crippen molar-refractivity contribution in [2.24, 2.45) is 0 Å². The lowest BCUT2D eigenvalue weighted by Gasteiger charge is -2.37. The van der Waals surface area contributed by atoms with E-state index < -0.39 is 0 Å². The molecule has 24 heteroatoms. The zero-order chi connectivity index (χ0) is 95.2. The van der Waals surface area contributed by atoms with Crippen LogP contribution < -0.4 is 88.7 Å². The van der Waals surface area contributed by atoms with Gasteiger partial charge in [0.15, 0.2) is 0 Å². The van der Waals surface area contributed by atoms with Crippen molar-refractivity contribution in [1.82, 2.24) is 31.9 Å². The highest BCUT2D eigenvalue weighted by molar-refractivity contribution is 6.32. The topological polar surface area (TPSA) is 183 Å². The molecule has 0 aromatic heterocycles. The van der Waals surface area contributed by atoms with Gasteiger partial charge >= 0.3 is 0 Å². The molecule has 12 aliphatic rings. The van der Waals surface area contributed by atoms with E-state index in [1.807, 2.05) is 218 Å². The van der Waals surface area contributed by atoms with E-state index in [-0.39, 0.29) is 33.2 Å². The van der Waals surface area contributed by atoms with Crippen LogP contribution in [0.4, 0.5) is 0 Å². The molecule has 0 bridgehead atoms. The van der Waals surface area contributed by atoms with Crippen LogP contribution in [0.25, 0.3) is 0 Å². The summed E-state index contributed by atoms with van der Waals surface area (Å²) in [5, 5.41) is 25.9. The van der Waals surface area contributed by atoms with Gasteiger partial charge in [-0.25, -0.2) is 0 Å². The maximum absolute atomic E-state index is 6.19. The highest BCUT2D eigenvalue weighted by Crippen LogP contribution is 2.53. The van der Waals surface area contributed by atoms with Gasteiger partial charge in [0.25, 0.3) is 0 Å². The lowest BCUT2D eigenvalue weighted by Crippen LogP contribution is -2.48. The van der Waals surface area contributed by atoms with Crippen molar-refractivity contribution in [2.45, 2.75) is 188 Å². The molecule has 0 amide bonds. The minimum Gasteiger partial charge on any atom is -0.491 e. The average molecular weight is 1980 g/mol. The molecule has 24 rings (SSSR count). The summed E-state index contributed by atoms with van der Waals surface area (Å²) in [6, 6.07) is 83.5. The second kappa shape index (κ2) is 42.3. The Labute approximate surface area is 840 Å². The predicted octanol–water partition coefficient (Wildman–Crippen LogP) is 24.9. The first-order valence-electron chi connectivity index (χ1n) is 48.2. The minimum atomic E-state index is 0.0361. The van der Waals surface area contributed by atoms with E-state index in [1.165, 1.54) is 33.4 Å². The molecule has 12 aliphatic heterocycles. The molecule has 0 unspecified atom stereocenters. The van der Waals surface area contributed by atoms with E-state index in [0.29, 0.717) is 95.0 Å². The summed E-state index contributed by atoms with van der Waals surface area (Å²) in [7, 11) is 0. The molecule has 12 aromatic rings. The molecule has 6 fully saturated rings. The monoisotopic (exact) mass is 1970 g/mol. The maximum atomic E-state index is 6.19. The number of fused-ring (bicyclic) bond motifs is 18. The van der Waals surface area contributed by atoms with Crippen LogP contribution in [-0.2, 0) is 39.6 Å². The Kier molecular flexibility index (Phi) is 29.6. The van der Waals surface area contributed by atoms with Gasteiger partial charge in [-0.1, -0.05) is 179 Å². The van der Waals surface area contributed by atoms with Crippen LogP contribution in [0.2, 0.25) is 30.1 Å². The molecule has 0 aliphatic carbocycles. The fraction of sp³-hybridized carbons (Fsp3) is 0.368. The van der Waals surface area contributed by atoms with Crippen molar-refractivity contribution in [3.8, 4) is 69.0 Å². The van der Waals surface area contributed by atoms with Gasteiger partial charge in [0, 0.05) is 117 Å². The molecular weight excluding hydrogens is 1860 g/mol. The third-order valence-electron chi connectivity index (χ3n) is 29.6. The summed E-state index contributed by atoms with van der Waals surface area (Å²) in [6.45, 7) is 27.0. The Morgan fingerprint density at radius 2 is 0.457 bits per heavy atom. The number of ether oxygens (including phenoxy) is 12. The highest BCUT2D eigenvalue weighted by Gasteiger charge is 2.50. The number of hydrogen-bond donors (Lipinski definition) is 6. The number of nitrogens with one attached hydrogen (secondary N) is 6. The molecule has 138 heavy (non-hydrogen) atoms. The smallest absolute Gasteiger partial charge is 0.126 e. The second-order valence-electron chi connectivity index (χ2n) is 39.4. The van der Waals surface area contributed by atoms with Gasteiger partial charge < -0.3 is 88.7 Å². The summed E-state index contributed by atoms with van der Waals surface area (Å²) in [5.41, 5.74) is 14.1. The molecule has 6 saturated heterocycles. The van der Waals surface area contributed by atoms with Gasteiger partial charge in [-0.15, -0.1) is 0 Å². The zero-order valence-corrected chi connectivity index (χ0v) is 83.4. The molecule has 12 atom stereocenters. The minimum absolute atomic E-state index is 0.0361. The average Bonchev–Trinajstić information content (AvgIpc) is 1.61. The largest absolute Gasteiger partial charge is 0.491 e. The third-order valence-corrected chi connectivity index (χ3v) is 31.5. The van der Waals surface area contributed by atoms with Crippen LogP contribution in [-0.4, -0.2) is 112 Å². The van der Waals surface area contributed by atoms with Crippen molar-refractivity contribution >= 4 is 69.6 Å². The summed E-state index contributed by atoms with van der Waals surface area (Å²) in [6.07, 6.45) is 6.91. The molecule has 0 radical (unpaired) electrons. The van der Waals surface area contributed by atoms with E-state index in [2.05, 4.69) is 110 Å². The Morgan fingerprint density at radius 3 is 0.710 bits per heavy atom. The molecule has 12 aromatic carbocycles. The summed E-state index contributed by atoms with van der Waals surface area (Å²) in [5.74, 6) is 13.9. The summed E-state index contributed by atoms with van der Waals surface area (Å²) >= 11 is 36.6. The van der Waals surface area contributed by atoms with E-state index in [9.17, 15) is 0 Å². The van der Waals surface area contributed by atoms with Crippen LogP contribution in [0.15, 0.2) is 255 Å². The van der Waals surface area contributed by atoms with Crippen molar-refractivity contribution in [3.05, 3.63) is 352 Å². The van der Waals surface area contributed by atoms with Crippen LogP contribution >= 0.6 is 69.6 Å². The molecule has 18 nitrogen and oxygen atoms in total. The quantitative estimate of drug-likeness (QED) is 0.0477. The SMILES string of the molecule is C[C@@]12COc3cc(OCc4cccc(Cl)c4)ccc3[C@@H]1CCN2.C[C@@]12COc3cc(OCc4cccc(Cl)c4)ccc3[C@@H]1CCN2.C[C@@]12COc3cc(OCc4ccccc4Cl)ccc3[C@@H]1CCN2.C[C@@]12COc3ccc(OCc4cccc(Cl)c4)cc3[C@@H]1CCN2.C[C@@]12COc3ccc(OCc4ccccc4Cl)cc3[C@@H]1CCN2.C[C@@]12COc3ccc(OCc4ccccc4Cl)cc3[C@@H]1CCN2. The van der Waals surface area contributed by atoms with Gasteiger partial charge in [-0.3, -0.25) is 0 Å². The first kappa shape index (κ1) is 96.6. The van der Waals surface area contributed by atoms with Crippen molar-refractivity contribution in [2.75, 3.05) is 78.9 Å². The predicted molar refractivity (Wildman–Crippen MR) is 549 cm³/mol. The fourth-order valence-electron chi connectivity index (χ4n) is 21.8. The van der Waals surface area contributed by atoms with E-state index >= 15 is 0 Å². The first-order chi connectivity index (χ1) is 66.9. The molecule has 720 valence electrons. The fourth-order valence-corrected chi connectivity index (χ4v) is 23.0. The molecule has 0 saturated carbocycles. The Morgan fingerprint density at radius 1 is 0.232 bits per heavy atom.